The van der Waals surface area contributed by atoms with Gasteiger partial charge in [-0.3, -0.25) is 0 Å². The van der Waals surface area contributed by atoms with Crippen LogP contribution in [-0.2, 0) is 16.1 Å². The molecular weight excluding hydrogens is 338 g/mol. The van der Waals surface area contributed by atoms with E-state index in [0.29, 0.717) is 12.1 Å². The fourth-order valence-electron chi connectivity index (χ4n) is 4.34. The summed E-state index contributed by atoms with van der Waals surface area (Å²) in [5.74, 6) is 0. The fraction of sp³-hybridized carbons (Fsp3) is 0.609. The van der Waals surface area contributed by atoms with Gasteiger partial charge in [-0.15, -0.1) is 0 Å². The lowest BCUT2D eigenvalue weighted by Crippen LogP contribution is -2.41. The SMILES string of the molecule is O=C(OC/C=C/N(C1CCCCC1)C1CCCCC1)OCc1ccccc1. The third-order valence-electron chi connectivity index (χ3n) is 5.77. The summed E-state index contributed by atoms with van der Waals surface area (Å²) in [7, 11) is 0. The standard InChI is InChI=1S/C23H33NO3/c25-23(27-19-20-11-4-1-5-12-20)26-18-10-17-24(21-13-6-2-7-14-21)22-15-8-3-9-16-22/h1,4-5,10-12,17,21-22H,2-3,6-9,13-16,18-19H2/b17-10+. The van der Waals surface area contributed by atoms with E-state index in [1.54, 1.807) is 0 Å². The van der Waals surface area contributed by atoms with Crippen molar-refractivity contribution >= 4 is 6.16 Å². The number of hydrogen-bond donors (Lipinski definition) is 0. The first-order valence-corrected chi connectivity index (χ1v) is 10.6. The Labute approximate surface area is 163 Å². The van der Waals surface area contributed by atoms with E-state index in [-0.39, 0.29) is 13.2 Å². The second-order valence-electron chi connectivity index (χ2n) is 7.75. The number of nitrogens with zero attached hydrogens (tertiary/aromatic N) is 1. The monoisotopic (exact) mass is 371 g/mol. The molecule has 2 aliphatic carbocycles. The van der Waals surface area contributed by atoms with Crippen molar-refractivity contribution in [3.8, 4) is 0 Å². The Bertz CT molecular complexity index is 557. The normalized spacial score (nSPS) is 19.1. The van der Waals surface area contributed by atoms with E-state index in [4.69, 9.17) is 9.47 Å². The molecule has 148 valence electrons. The first kappa shape index (κ1) is 19.8. The molecule has 2 fully saturated rings. The molecule has 27 heavy (non-hydrogen) atoms. The Kier molecular flexibility index (Phi) is 8.06. The van der Waals surface area contributed by atoms with E-state index in [1.165, 1.54) is 64.2 Å². The van der Waals surface area contributed by atoms with Crippen LogP contribution in [0.15, 0.2) is 42.6 Å². The Hall–Kier alpha value is -1.97. The molecule has 4 nitrogen and oxygen atoms in total. The van der Waals surface area contributed by atoms with Crippen molar-refractivity contribution < 1.29 is 14.3 Å². The first-order valence-electron chi connectivity index (χ1n) is 10.6. The fourth-order valence-corrected chi connectivity index (χ4v) is 4.34. The quantitative estimate of drug-likeness (QED) is 0.566. The molecule has 2 aliphatic rings. The largest absolute Gasteiger partial charge is 0.508 e. The summed E-state index contributed by atoms with van der Waals surface area (Å²) in [6.45, 7) is 0.517. The summed E-state index contributed by atoms with van der Waals surface area (Å²) in [6, 6.07) is 11.0. The number of benzene rings is 1. The summed E-state index contributed by atoms with van der Waals surface area (Å²) >= 11 is 0. The summed E-state index contributed by atoms with van der Waals surface area (Å²) in [5.41, 5.74) is 0.964. The molecule has 0 bridgehead atoms. The van der Waals surface area contributed by atoms with Crippen LogP contribution in [0.5, 0.6) is 0 Å². The van der Waals surface area contributed by atoms with Crippen molar-refractivity contribution in [3.05, 3.63) is 48.2 Å². The molecule has 0 N–H and O–H groups in total. The van der Waals surface area contributed by atoms with Crippen LogP contribution in [0.3, 0.4) is 0 Å². The summed E-state index contributed by atoms with van der Waals surface area (Å²) in [5, 5.41) is 0. The van der Waals surface area contributed by atoms with Crippen LogP contribution in [0.2, 0.25) is 0 Å². The van der Waals surface area contributed by atoms with Crippen molar-refractivity contribution in [3.63, 3.8) is 0 Å². The Morgan fingerprint density at radius 3 is 2.07 bits per heavy atom. The third kappa shape index (κ3) is 6.60. The number of ether oxygens (including phenoxy) is 2. The van der Waals surface area contributed by atoms with E-state index in [0.717, 1.165) is 5.56 Å². The van der Waals surface area contributed by atoms with Gasteiger partial charge in [-0.25, -0.2) is 4.79 Å². The average molecular weight is 372 g/mol. The summed E-state index contributed by atoms with van der Waals surface area (Å²) in [6.07, 6.45) is 16.8. The molecule has 0 aliphatic heterocycles. The number of carbonyl (C=O) groups excluding carboxylic acids is 1. The smallest absolute Gasteiger partial charge is 0.430 e. The predicted molar refractivity (Wildman–Crippen MR) is 107 cm³/mol. The van der Waals surface area contributed by atoms with Crippen LogP contribution in [0.4, 0.5) is 4.79 Å². The van der Waals surface area contributed by atoms with Crippen LogP contribution in [0, 0.1) is 0 Å². The Morgan fingerprint density at radius 2 is 1.48 bits per heavy atom. The lowest BCUT2D eigenvalue weighted by molar-refractivity contribution is 0.0571. The van der Waals surface area contributed by atoms with Crippen molar-refractivity contribution in [2.45, 2.75) is 82.9 Å². The second kappa shape index (κ2) is 11.0. The van der Waals surface area contributed by atoms with Gasteiger partial charge in [0.1, 0.15) is 13.2 Å². The summed E-state index contributed by atoms with van der Waals surface area (Å²) in [4.78, 5) is 14.4. The van der Waals surface area contributed by atoms with Crippen LogP contribution < -0.4 is 0 Å². The molecule has 0 amide bonds. The maximum Gasteiger partial charge on any atom is 0.508 e. The second-order valence-corrected chi connectivity index (χ2v) is 7.75. The molecule has 0 unspecified atom stereocenters. The molecular formula is C23H33NO3. The summed E-state index contributed by atoms with van der Waals surface area (Å²) < 4.78 is 10.4. The van der Waals surface area contributed by atoms with E-state index in [9.17, 15) is 4.79 Å². The molecule has 4 heteroatoms. The van der Waals surface area contributed by atoms with E-state index >= 15 is 0 Å². The minimum absolute atomic E-state index is 0.250. The molecule has 0 aromatic heterocycles. The van der Waals surface area contributed by atoms with Gasteiger partial charge in [0, 0.05) is 12.1 Å². The Balaban J connectivity index is 1.44. The molecule has 1 aromatic carbocycles. The van der Waals surface area contributed by atoms with Gasteiger partial charge < -0.3 is 14.4 Å². The molecule has 1 aromatic rings. The molecule has 0 saturated heterocycles. The van der Waals surface area contributed by atoms with Crippen LogP contribution >= 0.6 is 0 Å². The van der Waals surface area contributed by atoms with E-state index < -0.39 is 6.16 Å². The van der Waals surface area contributed by atoms with Gasteiger partial charge in [0.15, 0.2) is 0 Å². The zero-order chi connectivity index (χ0) is 18.7. The minimum Gasteiger partial charge on any atom is -0.430 e. The minimum atomic E-state index is -0.606. The van der Waals surface area contributed by atoms with Crippen molar-refractivity contribution in [1.82, 2.24) is 4.90 Å². The maximum absolute atomic E-state index is 11.8. The molecule has 3 rings (SSSR count). The van der Waals surface area contributed by atoms with Gasteiger partial charge in [0.25, 0.3) is 0 Å². The maximum atomic E-state index is 11.8. The zero-order valence-electron chi connectivity index (χ0n) is 16.4. The number of rotatable bonds is 7. The average Bonchev–Trinajstić information content (AvgIpc) is 2.74. The van der Waals surface area contributed by atoms with Gasteiger partial charge in [0.2, 0.25) is 0 Å². The van der Waals surface area contributed by atoms with Gasteiger partial charge in [-0.2, -0.15) is 0 Å². The van der Waals surface area contributed by atoms with E-state index in [2.05, 4.69) is 11.1 Å². The number of carbonyl (C=O) groups is 1. The van der Waals surface area contributed by atoms with Crippen molar-refractivity contribution in [1.29, 1.82) is 0 Å². The van der Waals surface area contributed by atoms with Gasteiger partial charge in [-0.1, -0.05) is 68.9 Å². The molecule has 0 spiro atoms. The highest BCUT2D eigenvalue weighted by Gasteiger charge is 2.26. The van der Waals surface area contributed by atoms with E-state index in [1.807, 2.05) is 36.4 Å². The lowest BCUT2D eigenvalue weighted by atomic mass is 9.89. The van der Waals surface area contributed by atoms with Crippen LogP contribution in [-0.4, -0.2) is 29.7 Å². The van der Waals surface area contributed by atoms with Gasteiger partial charge in [-0.05, 0) is 43.5 Å². The Morgan fingerprint density at radius 1 is 0.889 bits per heavy atom. The van der Waals surface area contributed by atoms with Crippen molar-refractivity contribution in [2.24, 2.45) is 0 Å². The predicted octanol–water partition coefficient (Wildman–Crippen LogP) is 5.82. The number of hydrogen-bond acceptors (Lipinski definition) is 4. The van der Waals surface area contributed by atoms with Crippen molar-refractivity contribution in [2.75, 3.05) is 6.61 Å². The molecule has 0 radical (unpaired) electrons. The molecule has 0 heterocycles. The highest BCUT2D eigenvalue weighted by Crippen LogP contribution is 2.30. The first-order chi connectivity index (χ1) is 13.3. The van der Waals surface area contributed by atoms with Gasteiger partial charge in [0.05, 0.1) is 0 Å². The molecule has 0 atom stereocenters. The van der Waals surface area contributed by atoms with Gasteiger partial charge >= 0.3 is 6.16 Å². The third-order valence-corrected chi connectivity index (χ3v) is 5.77. The van der Waals surface area contributed by atoms with Crippen LogP contribution in [0.1, 0.15) is 69.8 Å². The zero-order valence-corrected chi connectivity index (χ0v) is 16.4. The van der Waals surface area contributed by atoms with Crippen LogP contribution in [0.25, 0.3) is 0 Å². The molecule has 2 saturated carbocycles. The topological polar surface area (TPSA) is 38.8 Å². The lowest BCUT2D eigenvalue weighted by Gasteiger charge is -2.41. The highest BCUT2D eigenvalue weighted by molar-refractivity contribution is 5.60. The highest BCUT2D eigenvalue weighted by atomic mass is 16.7.